The molecule has 1 unspecified atom stereocenters. The number of nitrogens with zero attached hydrogens (tertiary/aromatic N) is 2. The Labute approximate surface area is 89.2 Å². The van der Waals surface area contributed by atoms with Gasteiger partial charge in [-0.1, -0.05) is 5.16 Å². The van der Waals surface area contributed by atoms with Gasteiger partial charge >= 0.3 is 0 Å². The highest BCUT2D eigenvalue weighted by molar-refractivity contribution is 5.07. The molecule has 1 fully saturated rings. The quantitative estimate of drug-likeness (QED) is 0.800. The Morgan fingerprint density at radius 3 is 3.13 bits per heavy atom. The molecule has 0 amide bonds. The zero-order valence-corrected chi connectivity index (χ0v) is 9.25. The van der Waals surface area contributed by atoms with Gasteiger partial charge in [-0.3, -0.25) is 0 Å². The van der Waals surface area contributed by atoms with E-state index in [1.165, 1.54) is 0 Å². The van der Waals surface area contributed by atoms with Crippen LogP contribution in [0.1, 0.15) is 32.0 Å². The van der Waals surface area contributed by atoms with Gasteiger partial charge in [0.05, 0.1) is 5.41 Å². The van der Waals surface area contributed by atoms with Gasteiger partial charge in [-0.2, -0.15) is 4.98 Å². The maximum atomic E-state index is 5.27. The van der Waals surface area contributed by atoms with Gasteiger partial charge in [0, 0.05) is 13.2 Å². The maximum absolute atomic E-state index is 5.27. The van der Waals surface area contributed by atoms with Crippen molar-refractivity contribution in [2.75, 3.05) is 19.7 Å². The molecule has 1 aliphatic rings. The number of hydrogen-bond acceptors (Lipinski definition) is 5. The second-order valence-corrected chi connectivity index (χ2v) is 4.14. The Kier molecular flexibility index (Phi) is 3.02. The smallest absolute Gasteiger partial charge is 0.234 e. The van der Waals surface area contributed by atoms with Crippen molar-refractivity contribution < 1.29 is 9.26 Å². The zero-order valence-electron chi connectivity index (χ0n) is 9.25. The third-order valence-electron chi connectivity index (χ3n) is 2.79. The number of nitrogens with one attached hydrogen (secondary N) is 1. The standard InChI is InChI=1S/C10H17N3O2/c1-3-14-6-8-12-9(15-13-8)10(2)4-5-11-7-10/h11H,3-7H2,1-2H3. The van der Waals surface area contributed by atoms with E-state index in [2.05, 4.69) is 22.4 Å². The first-order valence-electron chi connectivity index (χ1n) is 5.36. The third-order valence-corrected chi connectivity index (χ3v) is 2.79. The molecule has 0 bridgehead atoms. The normalized spacial score (nSPS) is 26.0. The van der Waals surface area contributed by atoms with E-state index in [1.807, 2.05) is 6.92 Å². The fraction of sp³-hybridized carbons (Fsp3) is 0.800. The summed E-state index contributed by atoms with van der Waals surface area (Å²) < 4.78 is 10.5. The van der Waals surface area contributed by atoms with Crippen molar-refractivity contribution in [2.45, 2.75) is 32.3 Å². The second kappa shape index (κ2) is 4.28. The van der Waals surface area contributed by atoms with E-state index in [4.69, 9.17) is 9.26 Å². The molecule has 5 nitrogen and oxygen atoms in total. The van der Waals surface area contributed by atoms with Crippen LogP contribution in [0, 0.1) is 0 Å². The molecule has 0 spiro atoms. The summed E-state index contributed by atoms with van der Waals surface area (Å²) in [4.78, 5) is 4.36. The van der Waals surface area contributed by atoms with E-state index in [9.17, 15) is 0 Å². The van der Waals surface area contributed by atoms with Crippen molar-refractivity contribution in [1.82, 2.24) is 15.5 Å². The average molecular weight is 211 g/mol. The second-order valence-electron chi connectivity index (χ2n) is 4.14. The number of hydrogen-bond donors (Lipinski definition) is 1. The maximum Gasteiger partial charge on any atom is 0.234 e. The minimum absolute atomic E-state index is 0.00252. The van der Waals surface area contributed by atoms with Crippen molar-refractivity contribution in [3.63, 3.8) is 0 Å². The summed E-state index contributed by atoms with van der Waals surface area (Å²) >= 11 is 0. The molecular formula is C10H17N3O2. The van der Waals surface area contributed by atoms with Crippen molar-refractivity contribution in [3.05, 3.63) is 11.7 Å². The van der Waals surface area contributed by atoms with Crippen molar-refractivity contribution in [2.24, 2.45) is 0 Å². The Morgan fingerprint density at radius 1 is 1.60 bits per heavy atom. The largest absolute Gasteiger partial charge is 0.374 e. The number of rotatable bonds is 4. The summed E-state index contributed by atoms with van der Waals surface area (Å²) in [6.07, 6.45) is 1.04. The monoisotopic (exact) mass is 211 g/mol. The van der Waals surface area contributed by atoms with E-state index in [0.29, 0.717) is 19.0 Å². The van der Waals surface area contributed by atoms with Crippen LogP contribution in [0.3, 0.4) is 0 Å². The van der Waals surface area contributed by atoms with Crippen molar-refractivity contribution >= 4 is 0 Å². The highest BCUT2D eigenvalue weighted by atomic mass is 16.5. The zero-order chi connectivity index (χ0) is 10.7. The molecule has 1 aromatic heterocycles. The molecule has 5 heteroatoms. The molecular weight excluding hydrogens is 194 g/mol. The van der Waals surface area contributed by atoms with Gasteiger partial charge < -0.3 is 14.6 Å². The van der Waals surface area contributed by atoms with Gasteiger partial charge in [0.2, 0.25) is 5.89 Å². The minimum Gasteiger partial charge on any atom is -0.374 e. The van der Waals surface area contributed by atoms with Crippen LogP contribution in [-0.2, 0) is 16.8 Å². The van der Waals surface area contributed by atoms with Crippen LogP contribution in [0.2, 0.25) is 0 Å². The van der Waals surface area contributed by atoms with Gasteiger partial charge in [0.15, 0.2) is 5.82 Å². The lowest BCUT2D eigenvalue weighted by molar-refractivity contribution is 0.126. The topological polar surface area (TPSA) is 60.2 Å². The lowest BCUT2D eigenvalue weighted by atomic mass is 9.90. The van der Waals surface area contributed by atoms with Crippen LogP contribution >= 0.6 is 0 Å². The first-order chi connectivity index (χ1) is 7.24. The van der Waals surface area contributed by atoms with Crippen molar-refractivity contribution in [3.8, 4) is 0 Å². The lowest BCUT2D eigenvalue weighted by Crippen LogP contribution is -2.25. The fourth-order valence-corrected chi connectivity index (χ4v) is 1.75. The summed E-state index contributed by atoms with van der Waals surface area (Å²) in [5.41, 5.74) is -0.00252. The summed E-state index contributed by atoms with van der Waals surface area (Å²) in [5, 5.41) is 7.21. The summed E-state index contributed by atoms with van der Waals surface area (Å²) in [6.45, 7) is 7.11. The molecule has 1 aromatic rings. The fourth-order valence-electron chi connectivity index (χ4n) is 1.75. The van der Waals surface area contributed by atoms with Gasteiger partial charge in [-0.25, -0.2) is 0 Å². The van der Waals surface area contributed by atoms with Crippen LogP contribution in [0.25, 0.3) is 0 Å². The molecule has 2 heterocycles. The first-order valence-corrected chi connectivity index (χ1v) is 5.36. The molecule has 1 atom stereocenters. The molecule has 1 N–H and O–H groups in total. The molecule has 0 saturated carbocycles. The van der Waals surface area contributed by atoms with E-state index in [-0.39, 0.29) is 5.41 Å². The molecule has 15 heavy (non-hydrogen) atoms. The predicted molar refractivity (Wildman–Crippen MR) is 54.5 cm³/mol. The third kappa shape index (κ3) is 2.18. The van der Waals surface area contributed by atoms with Crippen LogP contribution in [0.4, 0.5) is 0 Å². The Bertz CT molecular complexity index is 318. The molecule has 1 saturated heterocycles. The van der Waals surface area contributed by atoms with E-state index < -0.39 is 0 Å². The van der Waals surface area contributed by atoms with Gasteiger partial charge in [0.1, 0.15) is 6.61 Å². The predicted octanol–water partition coefficient (Wildman–Crippen LogP) is 0.857. The number of aromatic nitrogens is 2. The number of ether oxygens (including phenoxy) is 1. The molecule has 84 valence electrons. The van der Waals surface area contributed by atoms with Crippen LogP contribution in [0.15, 0.2) is 4.52 Å². The average Bonchev–Trinajstić information content (AvgIpc) is 2.84. The Morgan fingerprint density at radius 2 is 2.47 bits per heavy atom. The van der Waals surface area contributed by atoms with Crippen LogP contribution < -0.4 is 5.32 Å². The molecule has 0 aliphatic carbocycles. The van der Waals surface area contributed by atoms with Gasteiger partial charge in [0.25, 0.3) is 0 Å². The molecule has 0 radical (unpaired) electrons. The van der Waals surface area contributed by atoms with E-state index in [0.717, 1.165) is 25.4 Å². The SMILES string of the molecule is CCOCc1noc(C2(C)CCNC2)n1. The highest BCUT2D eigenvalue weighted by Gasteiger charge is 2.36. The molecule has 1 aliphatic heterocycles. The lowest BCUT2D eigenvalue weighted by Gasteiger charge is -2.15. The molecule has 2 rings (SSSR count). The Balaban J connectivity index is 2.05. The van der Waals surface area contributed by atoms with Gasteiger partial charge in [-0.05, 0) is 26.8 Å². The van der Waals surface area contributed by atoms with E-state index in [1.54, 1.807) is 0 Å². The summed E-state index contributed by atoms with van der Waals surface area (Å²) in [5.74, 6) is 1.36. The summed E-state index contributed by atoms with van der Waals surface area (Å²) in [7, 11) is 0. The highest BCUT2D eigenvalue weighted by Crippen LogP contribution is 2.28. The van der Waals surface area contributed by atoms with Crippen LogP contribution in [-0.4, -0.2) is 29.8 Å². The Hall–Kier alpha value is -0.940. The van der Waals surface area contributed by atoms with Gasteiger partial charge in [-0.15, -0.1) is 0 Å². The van der Waals surface area contributed by atoms with Crippen LogP contribution in [0.5, 0.6) is 0 Å². The minimum atomic E-state index is -0.00252. The van der Waals surface area contributed by atoms with E-state index >= 15 is 0 Å². The molecule has 0 aromatic carbocycles. The first kappa shape index (κ1) is 10.6. The van der Waals surface area contributed by atoms with Crippen molar-refractivity contribution in [1.29, 1.82) is 0 Å². The summed E-state index contributed by atoms with van der Waals surface area (Å²) in [6, 6.07) is 0.